The third kappa shape index (κ3) is 2.93. The number of carbonyl (C=O) groups is 2. The van der Waals surface area contributed by atoms with Crippen LogP contribution in [0.3, 0.4) is 0 Å². The van der Waals surface area contributed by atoms with E-state index in [0.717, 1.165) is 31.0 Å². The molecule has 106 valence electrons. The summed E-state index contributed by atoms with van der Waals surface area (Å²) < 4.78 is 0. The fraction of sp³-hybridized carbons (Fsp3) is 0.385. The molecule has 1 fully saturated rings. The minimum absolute atomic E-state index is 0.00356. The number of nitro benzene ring substituents is 1. The number of non-ortho nitro benzene ring substituents is 1. The lowest BCUT2D eigenvalue weighted by Gasteiger charge is -2.33. The highest BCUT2D eigenvalue weighted by atomic mass is 16.6. The van der Waals surface area contributed by atoms with E-state index in [2.05, 4.69) is 12.2 Å². The molecule has 0 aliphatic heterocycles. The number of amides is 1. The summed E-state index contributed by atoms with van der Waals surface area (Å²) >= 11 is 0. The second-order valence-electron chi connectivity index (χ2n) is 5.08. The summed E-state index contributed by atoms with van der Waals surface area (Å²) in [5.41, 5.74) is -0.681. The van der Waals surface area contributed by atoms with Gasteiger partial charge in [-0.1, -0.05) is 6.92 Å². The third-order valence-corrected chi connectivity index (χ3v) is 3.35. The van der Waals surface area contributed by atoms with Crippen LogP contribution in [-0.4, -0.2) is 27.9 Å². The molecule has 0 radical (unpaired) electrons. The summed E-state index contributed by atoms with van der Waals surface area (Å²) in [5, 5.41) is 22.4. The van der Waals surface area contributed by atoms with Crippen LogP contribution >= 0.6 is 0 Å². The van der Waals surface area contributed by atoms with Crippen molar-refractivity contribution in [3.05, 3.63) is 39.4 Å². The van der Waals surface area contributed by atoms with Crippen molar-refractivity contribution in [2.45, 2.75) is 25.8 Å². The van der Waals surface area contributed by atoms with Gasteiger partial charge < -0.3 is 10.4 Å². The van der Waals surface area contributed by atoms with Crippen molar-refractivity contribution in [1.29, 1.82) is 0 Å². The fourth-order valence-corrected chi connectivity index (χ4v) is 2.26. The van der Waals surface area contributed by atoms with Crippen LogP contribution in [0.5, 0.6) is 0 Å². The molecule has 20 heavy (non-hydrogen) atoms. The van der Waals surface area contributed by atoms with Crippen LogP contribution in [0.2, 0.25) is 0 Å². The molecule has 2 N–H and O–H groups in total. The van der Waals surface area contributed by atoms with E-state index in [1.165, 1.54) is 0 Å². The van der Waals surface area contributed by atoms with E-state index in [1.54, 1.807) is 0 Å². The predicted molar refractivity (Wildman–Crippen MR) is 69.7 cm³/mol. The summed E-state index contributed by atoms with van der Waals surface area (Å²) in [6.45, 7) is 2.07. The standard InChI is InChI=1S/C13H14N2O5/c1-7-2-10(3-7)14-12(16)8-4-9(13(17)18)6-11(5-8)15(19)20/h4-7,10H,2-3H2,1H3,(H,14,16)(H,17,18). The van der Waals surface area contributed by atoms with Gasteiger partial charge in [0.05, 0.1) is 10.5 Å². The Morgan fingerprint density at radius 2 is 1.90 bits per heavy atom. The first-order valence-electron chi connectivity index (χ1n) is 6.20. The smallest absolute Gasteiger partial charge is 0.335 e. The van der Waals surface area contributed by atoms with Crippen LogP contribution in [0.25, 0.3) is 0 Å². The Hall–Kier alpha value is -2.44. The molecule has 0 bridgehead atoms. The lowest BCUT2D eigenvalue weighted by molar-refractivity contribution is -0.384. The van der Waals surface area contributed by atoms with E-state index in [0.29, 0.717) is 5.92 Å². The molecule has 1 amide bonds. The number of hydrogen-bond acceptors (Lipinski definition) is 4. The SMILES string of the molecule is CC1CC(NC(=O)c2cc(C(=O)O)cc([N+](=O)[O-])c2)C1. The number of carboxylic acid groups (broad SMARTS) is 1. The molecule has 0 spiro atoms. The maximum atomic E-state index is 12.0. The summed E-state index contributed by atoms with van der Waals surface area (Å²) in [4.78, 5) is 33.0. The molecule has 1 aromatic carbocycles. The molecule has 0 aromatic heterocycles. The van der Waals surface area contributed by atoms with Gasteiger partial charge in [0, 0.05) is 23.7 Å². The molecule has 1 saturated carbocycles. The van der Waals surface area contributed by atoms with Gasteiger partial charge in [0.1, 0.15) is 0 Å². The fourth-order valence-electron chi connectivity index (χ4n) is 2.26. The maximum absolute atomic E-state index is 12.0. The molecule has 7 nitrogen and oxygen atoms in total. The van der Waals surface area contributed by atoms with Gasteiger partial charge in [-0.2, -0.15) is 0 Å². The van der Waals surface area contributed by atoms with Crippen molar-refractivity contribution in [3.8, 4) is 0 Å². The van der Waals surface area contributed by atoms with E-state index >= 15 is 0 Å². The third-order valence-electron chi connectivity index (χ3n) is 3.35. The summed E-state index contributed by atoms with van der Waals surface area (Å²) in [5.74, 6) is -1.23. The van der Waals surface area contributed by atoms with Crippen LogP contribution in [-0.2, 0) is 0 Å². The number of nitrogens with one attached hydrogen (secondary N) is 1. The number of rotatable bonds is 4. The second kappa shape index (κ2) is 5.28. The molecular formula is C13H14N2O5. The Bertz CT molecular complexity index is 546. The van der Waals surface area contributed by atoms with E-state index < -0.39 is 22.5 Å². The predicted octanol–water partition coefficient (Wildman–Crippen LogP) is 1.82. The number of aromatic carboxylic acids is 1. The van der Waals surface area contributed by atoms with E-state index in [4.69, 9.17) is 5.11 Å². The lowest BCUT2D eigenvalue weighted by Crippen LogP contribution is -2.43. The Morgan fingerprint density at radius 3 is 2.40 bits per heavy atom. The van der Waals surface area contributed by atoms with Crippen molar-refractivity contribution < 1.29 is 19.6 Å². The summed E-state index contributed by atoms with van der Waals surface area (Å²) in [6, 6.07) is 3.23. The van der Waals surface area contributed by atoms with Crippen molar-refractivity contribution in [2.24, 2.45) is 5.92 Å². The largest absolute Gasteiger partial charge is 0.478 e. The van der Waals surface area contributed by atoms with Gasteiger partial charge in [-0.05, 0) is 24.8 Å². The first-order valence-corrected chi connectivity index (χ1v) is 6.20. The van der Waals surface area contributed by atoms with Gasteiger partial charge in [-0.15, -0.1) is 0 Å². The number of carbonyl (C=O) groups excluding carboxylic acids is 1. The molecule has 0 saturated heterocycles. The molecule has 0 unspecified atom stereocenters. The van der Waals surface area contributed by atoms with Gasteiger partial charge >= 0.3 is 5.97 Å². The normalized spacial score (nSPS) is 20.9. The number of benzene rings is 1. The van der Waals surface area contributed by atoms with Crippen LogP contribution in [0, 0.1) is 16.0 Å². The van der Waals surface area contributed by atoms with E-state index in [-0.39, 0.29) is 17.2 Å². The molecule has 1 aliphatic carbocycles. The van der Waals surface area contributed by atoms with Crippen LogP contribution in [0.15, 0.2) is 18.2 Å². The molecular weight excluding hydrogens is 264 g/mol. The van der Waals surface area contributed by atoms with E-state index in [9.17, 15) is 19.7 Å². The molecule has 0 heterocycles. The summed E-state index contributed by atoms with van der Waals surface area (Å²) in [6.07, 6.45) is 1.74. The Morgan fingerprint density at radius 1 is 1.30 bits per heavy atom. The second-order valence-corrected chi connectivity index (χ2v) is 5.08. The van der Waals surface area contributed by atoms with E-state index in [1.807, 2.05) is 0 Å². The average molecular weight is 278 g/mol. The van der Waals surface area contributed by atoms with Crippen molar-refractivity contribution >= 4 is 17.6 Å². The number of hydrogen-bond donors (Lipinski definition) is 2. The van der Waals surface area contributed by atoms with Crippen LogP contribution < -0.4 is 5.32 Å². The highest BCUT2D eigenvalue weighted by Gasteiger charge is 2.27. The molecule has 1 aromatic rings. The van der Waals surface area contributed by atoms with Crippen molar-refractivity contribution in [3.63, 3.8) is 0 Å². The minimum Gasteiger partial charge on any atom is -0.478 e. The lowest BCUT2D eigenvalue weighted by atomic mass is 9.82. The summed E-state index contributed by atoms with van der Waals surface area (Å²) in [7, 11) is 0. The molecule has 7 heteroatoms. The molecule has 1 aliphatic rings. The first kappa shape index (κ1) is 14.0. The topological polar surface area (TPSA) is 110 Å². The monoisotopic (exact) mass is 278 g/mol. The zero-order valence-electron chi connectivity index (χ0n) is 10.8. The highest BCUT2D eigenvalue weighted by molar-refractivity contribution is 5.98. The van der Waals surface area contributed by atoms with Crippen LogP contribution in [0.4, 0.5) is 5.69 Å². The number of nitrogens with zero attached hydrogens (tertiary/aromatic N) is 1. The van der Waals surface area contributed by atoms with Crippen molar-refractivity contribution in [1.82, 2.24) is 5.32 Å². The number of nitro groups is 1. The van der Waals surface area contributed by atoms with Gasteiger partial charge in [-0.25, -0.2) is 4.79 Å². The molecule has 2 rings (SSSR count). The first-order chi connectivity index (χ1) is 9.36. The van der Waals surface area contributed by atoms with Gasteiger partial charge in [0.25, 0.3) is 11.6 Å². The zero-order valence-corrected chi connectivity index (χ0v) is 10.8. The quantitative estimate of drug-likeness (QED) is 0.644. The highest BCUT2D eigenvalue weighted by Crippen LogP contribution is 2.27. The van der Waals surface area contributed by atoms with Gasteiger partial charge in [0.2, 0.25) is 0 Å². The van der Waals surface area contributed by atoms with Gasteiger partial charge in [0.15, 0.2) is 0 Å². The van der Waals surface area contributed by atoms with Crippen molar-refractivity contribution in [2.75, 3.05) is 0 Å². The Labute approximate surface area is 114 Å². The average Bonchev–Trinajstić information content (AvgIpc) is 2.36. The molecule has 0 atom stereocenters. The number of carboxylic acids is 1. The van der Waals surface area contributed by atoms with Crippen LogP contribution in [0.1, 0.15) is 40.5 Å². The zero-order chi connectivity index (χ0) is 14.9. The minimum atomic E-state index is -1.31. The van der Waals surface area contributed by atoms with Gasteiger partial charge in [-0.3, -0.25) is 14.9 Å². The Balaban J connectivity index is 2.23. The Kier molecular flexibility index (Phi) is 3.69. The maximum Gasteiger partial charge on any atom is 0.335 e.